The molecule has 3 rings (SSSR count). The highest BCUT2D eigenvalue weighted by atomic mass is 79.9. The maximum Gasteiger partial charge on any atom is 0.248 e. The highest BCUT2D eigenvalue weighted by Crippen LogP contribution is 2.21. The Hall–Kier alpha value is -2.44. The minimum Gasteiger partial charge on any atom is -0.487 e. The summed E-state index contributed by atoms with van der Waals surface area (Å²) in [4.78, 5) is 16.4. The first-order chi connectivity index (χ1) is 12.6. The summed E-state index contributed by atoms with van der Waals surface area (Å²) in [5, 5.41) is 5.86. The second-order valence-corrected chi connectivity index (χ2v) is 7.43. The molecule has 0 saturated carbocycles. The summed E-state index contributed by atoms with van der Waals surface area (Å²) < 4.78 is 6.56. The number of thiazole rings is 1. The van der Waals surface area contributed by atoms with Gasteiger partial charge >= 0.3 is 0 Å². The number of anilines is 1. The zero-order chi connectivity index (χ0) is 18.4. The second-order valence-electron chi connectivity index (χ2n) is 5.52. The van der Waals surface area contributed by atoms with Crippen molar-refractivity contribution >= 4 is 44.9 Å². The molecule has 0 saturated heterocycles. The van der Waals surface area contributed by atoms with Gasteiger partial charge in [0.05, 0.1) is 16.4 Å². The van der Waals surface area contributed by atoms with Crippen molar-refractivity contribution < 1.29 is 9.53 Å². The molecule has 0 aliphatic heterocycles. The van der Waals surface area contributed by atoms with Gasteiger partial charge in [0.2, 0.25) is 5.91 Å². The molecule has 132 valence electrons. The third kappa shape index (κ3) is 5.28. The molecule has 3 aromatic rings. The Kier molecular flexibility index (Phi) is 6.20. The average molecular weight is 429 g/mol. The van der Waals surface area contributed by atoms with Crippen LogP contribution >= 0.6 is 27.3 Å². The molecular formula is C20H17BrN2O2S. The van der Waals surface area contributed by atoms with Gasteiger partial charge < -0.3 is 10.1 Å². The molecule has 0 spiro atoms. The molecule has 0 fully saturated rings. The molecule has 0 atom stereocenters. The number of halogens is 1. The third-order valence-electron chi connectivity index (χ3n) is 3.49. The zero-order valence-electron chi connectivity index (χ0n) is 14.1. The number of aryl methyl sites for hydroxylation is 1. The van der Waals surface area contributed by atoms with Crippen LogP contribution in [0.15, 0.2) is 64.5 Å². The number of carbonyl (C=O) groups is 1. The summed E-state index contributed by atoms with van der Waals surface area (Å²) >= 11 is 5.02. The number of hydrogen-bond donors (Lipinski definition) is 1. The monoisotopic (exact) mass is 428 g/mol. The van der Waals surface area contributed by atoms with Crippen LogP contribution in [0.25, 0.3) is 6.08 Å². The molecule has 0 aliphatic rings. The lowest BCUT2D eigenvalue weighted by atomic mass is 10.2. The number of nitrogens with one attached hydrogen (secondary N) is 1. The first kappa shape index (κ1) is 18.4. The van der Waals surface area contributed by atoms with Gasteiger partial charge in [0.1, 0.15) is 12.4 Å². The summed E-state index contributed by atoms with van der Waals surface area (Å²) in [5.74, 6) is 0.585. The van der Waals surface area contributed by atoms with Crippen molar-refractivity contribution in [2.75, 3.05) is 5.32 Å². The van der Waals surface area contributed by atoms with E-state index in [0.717, 1.165) is 32.2 Å². The van der Waals surface area contributed by atoms with Gasteiger partial charge in [0, 0.05) is 15.9 Å². The van der Waals surface area contributed by atoms with E-state index >= 15 is 0 Å². The highest BCUT2D eigenvalue weighted by Gasteiger charge is 2.02. The predicted molar refractivity (Wildman–Crippen MR) is 109 cm³/mol. The molecule has 0 radical (unpaired) electrons. The van der Waals surface area contributed by atoms with Gasteiger partial charge in [-0.1, -0.05) is 24.3 Å². The molecule has 1 N–H and O–H groups in total. The number of hydrogen-bond acceptors (Lipinski definition) is 4. The molecule has 0 aliphatic carbocycles. The van der Waals surface area contributed by atoms with E-state index in [-0.39, 0.29) is 5.91 Å². The third-order valence-corrected chi connectivity index (χ3v) is 5.01. The lowest BCUT2D eigenvalue weighted by Gasteiger charge is -2.05. The van der Waals surface area contributed by atoms with Crippen LogP contribution in [0.1, 0.15) is 16.3 Å². The van der Waals surface area contributed by atoms with E-state index in [2.05, 4.69) is 26.2 Å². The van der Waals surface area contributed by atoms with Crippen molar-refractivity contribution in [2.45, 2.75) is 13.5 Å². The Morgan fingerprint density at radius 3 is 2.69 bits per heavy atom. The number of nitrogens with zero attached hydrogens (tertiary/aromatic N) is 1. The summed E-state index contributed by atoms with van der Waals surface area (Å²) in [6.07, 6.45) is 3.27. The fourth-order valence-electron chi connectivity index (χ4n) is 2.22. The fraction of sp³-hybridized carbons (Fsp3) is 0.100. The average Bonchev–Trinajstić information content (AvgIpc) is 3.06. The van der Waals surface area contributed by atoms with Crippen molar-refractivity contribution in [3.8, 4) is 5.75 Å². The Labute approximate surface area is 164 Å². The van der Waals surface area contributed by atoms with Gasteiger partial charge in [0.25, 0.3) is 0 Å². The van der Waals surface area contributed by atoms with Crippen LogP contribution in [0.5, 0.6) is 5.75 Å². The number of rotatable bonds is 6. The van der Waals surface area contributed by atoms with Crippen LogP contribution in [0.3, 0.4) is 0 Å². The molecular weight excluding hydrogens is 412 g/mol. The summed E-state index contributed by atoms with van der Waals surface area (Å²) in [5.41, 5.74) is 2.59. The zero-order valence-corrected chi connectivity index (χ0v) is 16.5. The minimum atomic E-state index is -0.184. The van der Waals surface area contributed by atoms with E-state index in [0.29, 0.717) is 6.61 Å². The van der Waals surface area contributed by atoms with Crippen LogP contribution in [0.4, 0.5) is 5.69 Å². The highest BCUT2D eigenvalue weighted by molar-refractivity contribution is 9.10. The fourth-order valence-corrected chi connectivity index (χ4v) is 3.20. The molecule has 6 heteroatoms. The van der Waals surface area contributed by atoms with Gasteiger partial charge in [-0.3, -0.25) is 4.79 Å². The van der Waals surface area contributed by atoms with Crippen molar-refractivity contribution in [3.05, 3.63) is 80.7 Å². The number of benzene rings is 2. The Balaban J connectivity index is 1.54. The van der Waals surface area contributed by atoms with E-state index in [1.807, 2.05) is 60.8 Å². The van der Waals surface area contributed by atoms with Crippen molar-refractivity contribution in [2.24, 2.45) is 0 Å². The van der Waals surface area contributed by atoms with E-state index in [1.54, 1.807) is 17.4 Å². The molecule has 2 aromatic carbocycles. The summed E-state index contributed by atoms with van der Waals surface area (Å²) in [6, 6.07) is 15.1. The van der Waals surface area contributed by atoms with Crippen molar-refractivity contribution in [1.82, 2.24) is 4.98 Å². The lowest BCUT2D eigenvalue weighted by Crippen LogP contribution is -2.07. The van der Waals surface area contributed by atoms with Gasteiger partial charge in [-0.05, 0) is 58.8 Å². The van der Waals surface area contributed by atoms with Crippen molar-refractivity contribution in [1.29, 1.82) is 0 Å². The van der Waals surface area contributed by atoms with E-state index in [9.17, 15) is 4.79 Å². The maximum atomic E-state index is 12.0. The molecule has 0 bridgehead atoms. The SMILES string of the molecule is Cc1nc(COc2ccc(/C=C/C(=O)Nc3ccccc3Br)cc2)cs1. The van der Waals surface area contributed by atoms with E-state index in [1.165, 1.54) is 6.08 Å². The Morgan fingerprint density at radius 2 is 2.00 bits per heavy atom. The largest absolute Gasteiger partial charge is 0.487 e. The second kappa shape index (κ2) is 8.78. The molecule has 1 aromatic heterocycles. The predicted octanol–water partition coefficient (Wildman–Crippen LogP) is 5.44. The van der Waals surface area contributed by atoms with Gasteiger partial charge in [-0.15, -0.1) is 11.3 Å². The number of para-hydroxylation sites is 1. The Bertz CT molecular complexity index is 920. The first-order valence-electron chi connectivity index (χ1n) is 7.97. The standard InChI is InChI=1S/C20H17BrN2O2S/c1-14-22-16(13-26-14)12-25-17-9-6-15(7-10-17)8-11-20(24)23-19-5-3-2-4-18(19)21/h2-11,13H,12H2,1H3,(H,23,24)/b11-8+. The summed E-state index contributed by atoms with van der Waals surface area (Å²) in [7, 11) is 0. The molecule has 26 heavy (non-hydrogen) atoms. The smallest absolute Gasteiger partial charge is 0.248 e. The first-order valence-corrected chi connectivity index (χ1v) is 9.65. The number of carbonyl (C=O) groups excluding carboxylic acids is 1. The quantitative estimate of drug-likeness (QED) is 0.531. The van der Waals surface area contributed by atoms with E-state index < -0.39 is 0 Å². The van der Waals surface area contributed by atoms with Crippen molar-refractivity contribution in [3.63, 3.8) is 0 Å². The topological polar surface area (TPSA) is 51.2 Å². The normalized spacial score (nSPS) is 10.8. The van der Waals surface area contributed by atoms with Gasteiger partial charge in [0.15, 0.2) is 0 Å². The number of aromatic nitrogens is 1. The van der Waals surface area contributed by atoms with Crippen LogP contribution < -0.4 is 10.1 Å². The minimum absolute atomic E-state index is 0.184. The van der Waals surface area contributed by atoms with Crippen LogP contribution in [-0.4, -0.2) is 10.9 Å². The van der Waals surface area contributed by atoms with Gasteiger partial charge in [-0.25, -0.2) is 4.98 Å². The van der Waals surface area contributed by atoms with Crippen LogP contribution in [0, 0.1) is 6.92 Å². The Morgan fingerprint density at radius 1 is 1.23 bits per heavy atom. The molecule has 4 nitrogen and oxygen atoms in total. The molecule has 0 unspecified atom stereocenters. The molecule has 1 heterocycles. The number of ether oxygens (including phenoxy) is 1. The maximum absolute atomic E-state index is 12.0. The summed E-state index contributed by atoms with van der Waals surface area (Å²) in [6.45, 7) is 2.43. The lowest BCUT2D eigenvalue weighted by molar-refractivity contribution is -0.111. The van der Waals surface area contributed by atoms with E-state index in [4.69, 9.17) is 4.74 Å². The van der Waals surface area contributed by atoms with Gasteiger partial charge in [-0.2, -0.15) is 0 Å². The number of amides is 1. The van der Waals surface area contributed by atoms with Crippen LogP contribution in [0.2, 0.25) is 0 Å². The van der Waals surface area contributed by atoms with Crippen LogP contribution in [-0.2, 0) is 11.4 Å². The molecule has 1 amide bonds.